The fourth-order valence-electron chi connectivity index (χ4n) is 2.61. The summed E-state index contributed by atoms with van der Waals surface area (Å²) in [5.74, 6) is 0. The van der Waals surface area contributed by atoms with E-state index >= 15 is 0 Å². The summed E-state index contributed by atoms with van der Waals surface area (Å²) < 4.78 is 7.34. The molecule has 0 bridgehead atoms. The van der Waals surface area contributed by atoms with Gasteiger partial charge < -0.3 is 15.4 Å². The van der Waals surface area contributed by atoms with Crippen molar-refractivity contribution in [2.24, 2.45) is 0 Å². The molecule has 2 amide bonds. The van der Waals surface area contributed by atoms with Crippen LogP contribution in [-0.2, 0) is 17.8 Å². The smallest absolute Gasteiger partial charge is 0.315 e. The van der Waals surface area contributed by atoms with Crippen LogP contribution in [0.25, 0.3) is 0 Å². The normalized spacial score (nSPS) is 17.1. The highest BCUT2D eigenvalue weighted by Crippen LogP contribution is 2.10. The summed E-state index contributed by atoms with van der Waals surface area (Å²) in [6, 6.07) is 9.99. The van der Waals surface area contributed by atoms with Crippen molar-refractivity contribution in [2.75, 3.05) is 13.2 Å². The van der Waals surface area contributed by atoms with Gasteiger partial charge in [0.05, 0.1) is 18.8 Å². The van der Waals surface area contributed by atoms with Crippen molar-refractivity contribution in [1.29, 1.82) is 0 Å². The minimum atomic E-state index is -0.170. The number of nitrogens with zero attached hydrogens (tertiary/aromatic N) is 2. The van der Waals surface area contributed by atoms with E-state index in [1.165, 1.54) is 5.56 Å². The van der Waals surface area contributed by atoms with Crippen molar-refractivity contribution in [3.05, 3.63) is 53.9 Å². The number of hydrogen-bond acceptors (Lipinski definition) is 3. The molecule has 1 saturated heterocycles. The number of nitrogens with one attached hydrogen (secondary N) is 2. The van der Waals surface area contributed by atoms with Crippen molar-refractivity contribution in [1.82, 2.24) is 20.4 Å². The van der Waals surface area contributed by atoms with Crippen LogP contribution in [0.15, 0.2) is 42.7 Å². The lowest BCUT2D eigenvalue weighted by Crippen LogP contribution is -2.39. The van der Waals surface area contributed by atoms with Gasteiger partial charge in [-0.15, -0.1) is 0 Å². The van der Waals surface area contributed by atoms with Crippen molar-refractivity contribution in [2.45, 2.75) is 32.0 Å². The molecule has 3 rings (SSSR count). The minimum absolute atomic E-state index is 0.161. The second-order valence-corrected chi connectivity index (χ2v) is 5.73. The second kappa shape index (κ2) is 7.78. The molecule has 0 radical (unpaired) electrons. The van der Waals surface area contributed by atoms with Gasteiger partial charge in [-0.1, -0.05) is 30.3 Å². The molecule has 1 aromatic heterocycles. The van der Waals surface area contributed by atoms with E-state index in [4.69, 9.17) is 4.74 Å². The predicted molar refractivity (Wildman–Crippen MR) is 87.0 cm³/mol. The van der Waals surface area contributed by atoms with E-state index in [1.807, 2.05) is 29.1 Å². The van der Waals surface area contributed by atoms with Crippen molar-refractivity contribution < 1.29 is 9.53 Å². The summed E-state index contributed by atoms with van der Waals surface area (Å²) in [5, 5.41) is 10.0. The zero-order chi connectivity index (χ0) is 15.9. The topological polar surface area (TPSA) is 68.2 Å². The first kappa shape index (κ1) is 15.6. The standard InChI is InChI=1S/C17H22N4O2/c22-17(19-11-16-7-4-8-23-16)18-9-15-10-20-21(13-15)12-14-5-2-1-3-6-14/h1-3,5-6,10,13,16H,4,7-9,11-12H2,(H2,18,19,22). The summed E-state index contributed by atoms with van der Waals surface area (Å²) in [7, 11) is 0. The van der Waals surface area contributed by atoms with Crippen LogP contribution in [0.1, 0.15) is 24.0 Å². The molecule has 1 aliphatic rings. The highest BCUT2D eigenvalue weighted by molar-refractivity contribution is 5.73. The number of urea groups is 1. The first-order valence-electron chi connectivity index (χ1n) is 7.98. The minimum Gasteiger partial charge on any atom is -0.376 e. The fraction of sp³-hybridized carbons (Fsp3) is 0.412. The third kappa shape index (κ3) is 4.82. The van der Waals surface area contributed by atoms with Crippen molar-refractivity contribution in [3.8, 4) is 0 Å². The molecule has 122 valence electrons. The largest absolute Gasteiger partial charge is 0.376 e. The first-order chi connectivity index (χ1) is 11.3. The van der Waals surface area contributed by atoms with Crippen LogP contribution >= 0.6 is 0 Å². The van der Waals surface area contributed by atoms with Gasteiger partial charge in [-0.05, 0) is 18.4 Å². The Hall–Kier alpha value is -2.34. The highest BCUT2D eigenvalue weighted by Gasteiger charge is 2.15. The Morgan fingerprint density at radius 3 is 2.91 bits per heavy atom. The molecule has 2 aromatic rings. The molecule has 23 heavy (non-hydrogen) atoms. The van der Waals surface area contributed by atoms with Crippen LogP contribution < -0.4 is 10.6 Å². The van der Waals surface area contributed by atoms with E-state index in [9.17, 15) is 4.79 Å². The number of rotatable bonds is 6. The Kier molecular flexibility index (Phi) is 5.26. The molecule has 1 unspecified atom stereocenters. The van der Waals surface area contributed by atoms with Gasteiger partial charge in [0.25, 0.3) is 0 Å². The zero-order valence-corrected chi connectivity index (χ0v) is 13.1. The molecule has 1 aliphatic heterocycles. The molecular formula is C17H22N4O2. The van der Waals surface area contributed by atoms with E-state index in [0.717, 1.165) is 31.6 Å². The number of benzene rings is 1. The average molecular weight is 314 g/mol. The summed E-state index contributed by atoms with van der Waals surface area (Å²) >= 11 is 0. The molecule has 1 aromatic carbocycles. The molecule has 0 saturated carbocycles. The van der Waals surface area contributed by atoms with Crippen LogP contribution in [0.4, 0.5) is 4.79 Å². The lowest BCUT2D eigenvalue weighted by Gasteiger charge is -2.11. The second-order valence-electron chi connectivity index (χ2n) is 5.73. The SMILES string of the molecule is O=C(NCc1cnn(Cc2ccccc2)c1)NCC1CCCO1. The van der Waals surface area contributed by atoms with Crippen LogP contribution in [0, 0.1) is 0 Å². The molecule has 2 heterocycles. The van der Waals surface area contributed by atoms with Gasteiger partial charge >= 0.3 is 6.03 Å². The van der Waals surface area contributed by atoms with Gasteiger partial charge in [0.15, 0.2) is 0 Å². The summed E-state index contributed by atoms with van der Waals surface area (Å²) in [6.07, 6.45) is 5.99. The molecular weight excluding hydrogens is 292 g/mol. The number of carbonyl (C=O) groups is 1. The summed E-state index contributed by atoms with van der Waals surface area (Å²) in [5.41, 5.74) is 2.18. The van der Waals surface area contributed by atoms with Crippen LogP contribution in [0.2, 0.25) is 0 Å². The number of ether oxygens (including phenoxy) is 1. The maximum atomic E-state index is 11.8. The first-order valence-corrected chi connectivity index (χ1v) is 7.98. The van der Waals surface area contributed by atoms with Crippen molar-refractivity contribution in [3.63, 3.8) is 0 Å². The Balaban J connectivity index is 1.41. The molecule has 1 fully saturated rings. The Morgan fingerprint density at radius 2 is 2.13 bits per heavy atom. The molecule has 6 heteroatoms. The third-order valence-electron chi connectivity index (χ3n) is 3.84. The van der Waals surface area contributed by atoms with Gasteiger partial charge in [-0.25, -0.2) is 4.79 Å². The summed E-state index contributed by atoms with van der Waals surface area (Å²) in [6.45, 7) is 2.56. The van der Waals surface area contributed by atoms with Crippen LogP contribution in [0.3, 0.4) is 0 Å². The van der Waals surface area contributed by atoms with Gasteiger partial charge in [-0.3, -0.25) is 4.68 Å². The molecule has 2 N–H and O–H groups in total. The van der Waals surface area contributed by atoms with E-state index in [2.05, 4.69) is 27.9 Å². The fourth-order valence-corrected chi connectivity index (χ4v) is 2.61. The van der Waals surface area contributed by atoms with Gasteiger partial charge in [0, 0.05) is 31.5 Å². The Bertz CT molecular complexity index is 621. The van der Waals surface area contributed by atoms with Crippen LogP contribution in [0.5, 0.6) is 0 Å². The third-order valence-corrected chi connectivity index (χ3v) is 3.84. The van der Waals surface area contributed by atoms with Gasteiger partial charge in [-0.2, -0.15) is 5.10 Å². The number of carbonyl (C=O) groups excluding carboxylic acids is 1. The molecule has 0 aliphatic carbocycles. The molecule has 6 nitrogen and oxygen atoms in total. The van der Waals surface area contributed by atoms with E-state index < -0.39 is 0 Å². The maximum Gasteiger partial charge on any atom is 0.315 e. The number of amides is 2. The average Bonchev–Trinajstić information content (AvgIpc) is 3.24. The van der Waals surface area contributed by atoms with E-state index in [0.29, 0.717) is 13.1 Å². The number of aromatic nitrogens is 2. The lowest BCUT2D eigenvalue weighted by molar-refractivity contribution is 0.111. The highest BCUT2D eigenvalue weighted by atomic mass is 16.5. The summed E-state index contributed by atoms with van der Waals surface area (Å²) in [4.78, 5) is 11.8. The maximum absolute atomic E-state index is 11.8. The lowest BCUT2D eigenvalue weighted by atomic mass is 10.2. The zero-order valence-electron chi connectivity index (χ0n) is 13.1. The predicted octanol–water partition coefficient (Wildman–Crippen LogP) is 1.91. The molecule has 0 spiro atoms. The molecule has 1 atom stereocenters. The van der Waals surface area contributed by atoms with E-state index in [-0.39, 0.29) is 12.1 Å². The van der Waals surface area contributed by atoms with Gasteiger partial charge in [0.2, 0.25) is 0 Å². The quantitative estimate of drug-likeness (QED) is 0.856. The number of hydrogen-bond donors (Lipinski definition) is 2. The van der Waals surface area contributed by atoms with Gasteiger partial charge in [0.1, 0.15) is 0 Å². The Morgan fingerprint density at radius 1 is 1.26 bits per heavy atom. The van der Waals surface area contributed by atoms with Crippen LogP contribution in [-0.4, -0.2) is 35.1 Å². The van der Waals surface area contributed by atoms with E-state index in [1.54, 1.807) is 6.20 Å². The van der Waals surface area contributed by atoms with Crippen molar-refractivity contribution >= 4 is 6.03 Å². The Labute approximate surface area is 135 Å². The monoisotopic (exact) mass is 314 g/mol.